The van der Waals surface area contributed by atoms with Crippen LogP contribution in [0.4, 0.5) is 0 Å². The van der Waals surface area contributed by atoms with Gasteiger partial charge in [-0.1, -0.05) is 18.7 Å². The lowest BCUT2D eigenvalue weighted by atomic mass is 10.1. The van der Waals surface area contributed by atoms with Crippen LogP contribution < -0.4 is 4.74 Å². The smallest absolute Gasteiger partial charge is 0.134 e. The predicted molar refractivity (Wildman–Crippen MR) is 61.1 cm³/mol. The van der Waals surface area contributed by atoms with Crippen LogP contribution in [0.5, 0.6) is 11.5 Å². The molecule has 0 aliphatic heterocycles. The topological polar surface area (TPSA) is 29.5 Å². The Hall–Kier alpha value is -1.96. The standard InChI is InChI=1S/C13H12O2/c1-9(2)15-13-5-3-4-10-8-11(14)6-7-12(10)13/h3-8,14H,1H2,2H3. The first-order chi connectivity index (χ1) is 7.16. The van der Waals surface area contributed by atoms with Gasteiger partial charge in [0.15, 0.2) is 0 Å². The molecule has 0 unspecified atom stereocenters. The minimum atomic E-state index is 0.259. The summed E-state index contributed by atoms with van der Waals surface area (Å²) in [5, 5.41) is 11.3. The van der Waals surface area contributed by atoms with Crippen molar-refractivity contribution in [3.8, 4) is 11.5 Å². The second-order valence-electron chi connectivity index (χ2n) is 3.47. The van der Waals surface area contributed by atoms with Crippen molar-refractivity contribution in [3.63, 3.8) is 0 Å². The Kier molecular flexibility index (Phi) is 2.34. The summed E-state index contributed by atoms with van der Waals surface area (Å²) in [7, 11) is 0. The van der Waals surface area contributed by atoms with E-state index in [2.05, 4.69) is 6.58 Å². The van der Waals surface area contributed by atoms with Crippen molar-refractivity contribution < 1.29 is 9.84 Å². The van der Waals surface area contributed by atoms with E-state index in [1.54, 1.807) is 19.1 Å². The fourth-order valence-electron chi connectivity index (χ4n) is 1.52. The van der Waals surface area contributed by atoms with Crippen LogP contribution in [0.1, 0.15) is 6.92 Å². The van der Waals surface area contributed by atoms with Crippen molar-refractivity contribution in [1.82, 2.24) is 0 Å². The van der Waals surface area contributed by atoms with Crippen molar-refractivity contribution in [1.29, 1.82) is 0 Å². The van der Waals surface area contributed by atoms with E-state index >= 15 is 0 Å². The zero-order chi connectivity index (χ0) is 10.8. The number of benzene rings is 2. The Bertz CT molecular complexity index is 515. The van der Waals surface area contributed by atoms with Crippen LogP contribution in [-0.4, -0.2) is 5.11 Å². The van der Waals surface area contributed by atoms with E-state index in [9.17, 15) is 5.11 Å². The highest BCUT2D eigenvalue weighted by Crippen LogP contribution is 2.29. The fourth-order valence-corrected chi connectivity index (χ4v) is 1.52. The second-order valence-corrected chi connectivity index (χ2v) is 3.47. The first kappa shape index (κ1) is 9.59. The second kappa shape index (κ2) is 3.65. The Morgan fingerprint density at radius 3 is 2.80 bits per heavy atom. The van der Waals surface area contributed by atoms with E-state index in [1.807, 2.05) is 24.3 Å². The average molecular weight is 200 g/mol. The summed E-state index contributed by atoms with van der Waals surface area (Å²) >= 11 is 0. The third-order valence-corrected chi connectivity index (χ3v) is 2.11. The molecule has 0 amide bonds. The van der Waals surface area contributed by atoms with Crippen LogP contribution in [0.2, 0.25) is 0 Å². The number of ether oxygens (including phenoxy) is 1. The number of aromatic hydroxyl groups is 1. The quantitative estimate of drug-likeness (QED) is 0.752. The van der Waals surface area contributed by atoms with Crippen molar-refractivity contribution in [3.05, 3.63) is 48.7 Å². The zero-order valence-corrected chi connectivity index (χ0v) is 8.53. The van der Waals surface area contributed by atoms with E-state index in [1.165, 1.54) is 0 Å². The van der Waals surface area contributed by atoms with Gasteiger partial charge in [0.2, 0.25) is 0 Å². The fraction of sp³-hybridized carbons (Fsp3) is 0.0769. The van der Waals surface area contributed by atoms with E-state index in [4.69, 9.17) is 4.74 Å². The maximum Gasteiger partial charge on any atom is 0.134 e. The molecule has 15 heavy (non-hydrogen) atoms. The van der Waals surface area contributed by atoms with E-state index in [0.717, 1.165) is 16.5 Å². The molecule has 0 saturated carbocycles. The highest BCUT2D eigenvalue weighted by Gasteiger charge is 2.02. The molecular weight excluding hydrogens is 188 g/mol. The third kappa shape index (κ3) is 1.94. The van der Waals surface area contributed by atoms with Gasteiger partial charge in [0, 0.05) is 5.39 Å². The summed E-state index contributed by atoms with van der Waals surface area (Å²) < 4.78 is 5.49. The summed E-state index contributed by atoms with van der Waals surface area (Å²) in [5.74, 6) is 1.67. The molecule has 0 atom stereocenters. The normalized spacial score (nSPS) is 10.2. The number of hydrogen-bond acceptors (Lipinski definition) is 2. The van der Waals surface area contributed by atoms with Gasteiger partial charge in [0.25, 0.3) is 0 Å². The maximum atomic E-state index is 9.34. The van der Waals surface area contributed by atoms with E-state index < -0.39 is 0 Å². The number of allylic oxidation sites excluding steroid dienone is 1. The summed E-state index contributed by atoms with van der Waals surface area (Å²) in [6, 6.07) is 10.9. The molecule has 0 bridgehead atoms. The van der Waals surface area contributed by atoms with Crippen molar-refractivity contribution in [2.24, 2.45) is 0 Å². The van der Waals surface area contributed by atoms with Gasteiger partial charge < -0.3 is 9.84 Å². The van der Waals surface area contributed by atoms with Crippen LogP contribution in [0.3, 0.4) is 0 Å². The molecule has 2 nitrogen and oxygen atoms in total. The van der Waals surface area contributed by atoms with Gasteiger partial charge >= 0.3 is 0 Å². The molecule has 0 aromatic heterocycles. The lowest BCUT2D eigenvalue weighted by Gasteiger charge is -2.08. The SMILES string of the molecule is C=C(C)Oc1cccc2cc(O)ccc12. The molecule has 2 rings (SSSR count). The molecule has 0 spiro atoms. The number of phenolic OH excluding ortho intramolecular Hbond substituents is 1. The van der Waals surface area contributed by atoms with E-state index in [-0.39, 0.29) is 5.75 Å². The van der Waals surface area contributed by atoms with Crippen LogP contribution in [-0.2, 0) is 0 Å². The molecule has 2 aromatic carbocycles. The van der Waals surface area contributed by atoms with Crippen LogP contribution in [0, 0.1) is 0 Å². The van der Waals surface area contributed by atoms with Crippen molar-refractivity contribution in [2.45, 2.75) is 6.92 Å². The van der Waals surface area contributed by atoms with Crippen LogP contribution in [0.15, 0.2) is 48.7 Å². The highest BCUT2D eigenvalue weighted by molar-refractivity contribution is 5.89. The largest absolute Gasteiger partial charge is 0.508 e. The molecule has 0 heterocycles. The zero-order valence-electron chi connectivity index (χ0n) is 8.53. The maximum absolute atomic E-state index is 9.34. The molecule has 0 saturated heterocycles. The summed E-state index contributed by atoms with van der Waals surface area (Å²) in [4.78, 5) is 0. The Morgan fingerprint density at radius 1 is 1.27 bits per heavy atom. The van der Waals surface area contributed by atoms with Gasteiger partial charge in [0.05, 0.1) is 5.76 Å². The average Bonchev–Trinajstić information content (AvgIpc) is 2.16. The molecule has 0 radical (unpaired) electrons. The number of fused-ring (bicyclic) bond motifs is 1. The van der Waals surface area contributed by atoms with E-state index in [0.29, 0.717) is 5.76 Å². The van der Waals surface area contributed by atoms with Gasteiger partial charge in [-0.3, -0.25) is 0 Å². The van der Waals surface area contributed by atoms with Gasteiger partial charge in [-0.25, -0.2) is 0 Å². The Labute approximate surface area is 88.4 Å². The Morgan fingerprint density at radius 2 is 2.07 bits per heavy atom. The molecule has 0 aliphatic rings. The first-order valence-corrected chi connectivity index (χ1v) is 4.72. The summed E-state index contributed by atoms with van der Waals surface area (Å²) in [5.41, 5.74) is 0. The van der Waals surface area contributed by atoms with Gasteiger partial charge in [-0.05, 0) is 36.6 Å². The number of rotatable bonds is 2. The monoisotopic (exact) mass is 200 g/mol. The summed E-state index contributed by atoms with van der Waals surface area (Å²) in [6.07, 6.45) is 0. The summed E-state index contributed by atoms with van der Waals surface area (Å²) in [6.45, 7) is 5.51. The van der Waals surface area contributed by atoms with Crippen LogP contribution >= 0.6 is 0 Å². The molecule has 1 N–H and O–H groups in total. The molecule has 2 heteroatoms. The predicted octanol–water partition coefficient (Wildman–Crippen LogP) is 3.46. The first-order valence-electron chi connectivity index (χ1n) is 4.72. The minimum Gasteiger partial charge on any atom is -0.508 e. The number of hydrogen-bond donors (Lipinski definition) is 1. The molecule has 0 fully saturated rings. The highest BCUT2D eigenvalue weighted by atomic mass is 16.5. The van der Waals surface area contributed by atoms with Crippen molar-refractivity contribution in [2.75, 3.05) is 0 Å². The van der Waals surface area contributed by atoms with Crippen molar-refractivity contribution >= 4 is 10.8 Å². The lowest BCUT2D eigenvalue weighted by molar-refractivity contribution is 0.435. The lowest BCUT2D eigenvalue weighted by Crippen LogP contribution is -1.89. The van der Waals surface area contributed by atoms with Crippen LogP contribution in [0.25, 0.3) is 10.8 Å². The molecular formula is C13H12O2. The molecule has 2 aromatic rings. The minimum absolute atomic E-state index is 0.259. The van der Waals surface area contributed by atoms with Gasteiger partial charge in [0.1, 0.15) is 11.5 Å². The Balaban J connectivity index is 2.60. The number of phenols is 1. The molecule has 76 valence electrons. The third-order valence-electron chi connectivity index (χ3n) is 2.11. The molecule has 0 aliphatic carbocycles. The van der Waals surface area contributed by atoms with Gasteiger partial charge in [-0.15, -0.1) is 0 Å². The van der Waals surface area contributed by atoms with Gasteiger partial charge in [-0.2, -0.15) is 0 Å².